The molecular weight excluding hydrogens is 235 g/mol. The van der Waals surface area contributed by atoms with E-state index in [2.05, 4.69) is 0 Å². The van der Waals surface area contributed by atoms with Crippen molar-refractivity contribution in [3.8, 4) is 0 Å². The van der Waals surface area contributed by atoms with E-state index in [1.165, 1.54) is 12.1 Å². The molecule has 1 fully saturated rings. The monoisotopic (exact) mass is 250 g/mol. The van der Waals surface area contributed by atoms with Crippen molar-refractivity contribution in [2.24, 2.45) is 11.7 Å². The lowest BCUT2D eigenvalue weighted by Gasteiger charge is -2.16. The summed E-state index contributed by atoms with van der Waals surface area (Å²) in [4.78, 5) is 24.3. The van der Waals surface area contributed by atoms with Gasteiger partial charge < -0.3 is 10.6 Å². The van der Waals surface area contributed by atoms with Crippen LogP contribution < -0.4 is 5.73 Å². The number of benzene rings is 1. The van der Waals surface area contributed by atoms with Gasteiger partial charge in [0.2, 0.25) is 11.8 Å². The van der Waals surface area contributed by atoms with Gasteiger partial charge in [0.1, 0.15) is 5.82 Å². The highest BCUT2D eigenvalue weighted by Gasteiger charge is 2.32. The smallest absolute Gasteiger partial charge is 0.223 e. The normalized spacial score (nSPS) is 19.3. The van der Waals surface area contributed by atoms with Gasteiger partial charge in [-0.2, -0.15) is 0 Å². The standard InChI is InChI=1S/C13H15FN2O2/c1-8-2-9(4-11(14)3-8)6-16-7-10(13(15)18)5-12(16)17/h2-4,10H,5-7H2,1H3,(H2,15,18). The van der Waals surface area contributed by atoms with Gasteiger partial charge in [-0.25, -0.2) is 4.39 Å². The average Bonchev–Trinajstić information content (AvgIpc) is 2.59. The first-order chi connectivity index (χ1) is 8.45. The summed E-state index contributed by atoms with van der Waals surface area (Å²) in [5.74, 6) is -1.31. The summed E-state index contributed by atoms with van der Waals surface area (Å²) in [5.41, 5.74) is 6.72. The number of rotatable bonds is 3. The third-order valence-corrected chi connectivity index (χ3v) is 3.09. The molecule has 2 N–H and O–H groups in total. The Morgan fingerprint density at radius 1 is 1.50 bits per heavy atom. The Morgan fingerprint density at radius 3 is 2.78 bits per heavy atom. The molecule has 1 unspecified atom stereocenters. The minimum atomic E-state index is -0.457. The van der Waals surface area contributed by atoms with Crippen molar-refractivity contribution in [1.82, 2.24) is 4.90 Å². The van der Waals surface area contributed by atoms with E-state index in [9.17, 15) is 14.0 Å². The van der Waals surface area contributed by atoms with Crippen LogP contribution in [0.1, 0.15) is 17.5 Å². The lowest BCUT2D eigenvalue weighted by atomic mass is 10.1. The van der Waals surface area contributed by atoms with Gasteiger partial charge in [0.05, 0.1) is 5.92 Å². The van der Waals surface area contributed by atoms with Gasteiger partial charge in [0.15, 0.2) is 0 Å². The predicted octanol–water partition coefficient (Wildman–Crippen LogP) is 0.968. The molecular formula is C13H15FN2O2. The van der Waals surface area contributed by atoms with Gasteiger partial charge >= 0.3 is 0 Å². The van der Waals surface area contributed by atoms with E-state index in [4.69, 9.17) is 5.73 Å². The van der Waals surface area contributed by atoms with Crippen molar-refractivity contribution in [3.05, 3.63) is 35.1 Å². The largest absolute Gasteiger partial charge is 0.369 e. The van der Waals surface area contributed by atoms with Gasteiger partial charge in [0.25, 0.3) is 0 Å². The summed E-state index contributed by atoms with van der Waals surface area (Å²) in [6.07, 6.45) is 0.156. The molecule has 2 rings (SSSR count). The molecule has 2 amide bonds. The highest BCUT2D eigenvalue weighted by molar-refractivity contribution is 5.88. The van der Waals surface area contributed by atoms with Crippen LogP contribution >= 0.6 is 0 Å². The molecule has 0 saturated carbocycles. The van der Waals surface area contributed by atoms with E-state index in [1.807, 2.05) is 6.07 Å². The topological polar surface area (TPSA) is 63.4 Å². The van der Waals surface area contributed by atoms with E-state index in [1.54, 1.807) is 11.8 Å². The van der Waals surface area contributed by atoms with Gasteiger partial charge in [-0.05, 0) is 30.2 Å². The third-order valence-electron chi connectivity index (χ3n) is 3.09. The number of carbonyl (C=O) groups excluding carboxylic acids is 2. The van der Waals surface area contributed by atoms with Crippen LogP contribution in [0.3, 0.4) is 0 Å². The van der Waals surface area contributed by atoms with Crippen LogP contribution in [0.15, 0.2) is 18.2 Å². The molecule has 1 aliphatic heterocycles. The first-order valence-corrected chi connectivity index (χ1v) is 5.79. The van der Waals surface area contributed by atoms with Crippen molar-refractivity contribution in [1.29, 1.82) is 0 Å². The summed E-state index contributed by atoms with van der Waals surface area (Å²) >= 11 is 0. The predicted molar refractivity (Wildman–Crippen MR) is 63.9 cm³/mol. The van der Waals surface area contributed by atoms with Crippen molar-refractivity contribution < 1.29 is 14.0 Å². The van der Waals surface area contributed by atoms with Crippen LogP contribution in [-0.2, 0) is 16.1 Å². The summed E-state index contributed by atoms with van der Waals surface area (Å²) in [5, 5.41) is 0. The molecule has 5 heteroatoms. The molecule has 0 aromatic heterocycles. The van der Waals surface area contributed by atoms with Crippen LogP contribution in [0.5, 0.6) is 0 Å². The molecule has 4 nitrogen and oxygen atoms in total. The molecule has 0 radical (unpaired) electrons. The average molecular weight is 250 g/mol. The lowest BCUT2D eigenvalue weighted by molar-refractivity contribution is -0.128. The van der Waals surface area contributed by atoms with E-state index < -0.39 is 11.8 Å². The number of aryl methyl sites for hydroxylation is 1. The maximum atomic E-state index is 13.2. The molecule has 1 aromatic carbocycles. The van der Waals surface area contributed by atoms with Gasteiger partial charge in [-0.15, -0.1) is 0 Å². The molecule has 0 spiro atoms. The molecule has 1 aromatic rings. The fraction of sp³-hybridized carbons (Fsp3) is 0.385. The maximum absolute atomic E-state index is 13.2. The van der Waals surface area contributed by atoms with Gasteiger partial charge in [-0.1, -0.05) is 6.07 Å². The zero-order valence-electron chi connectivity index (χ0n) is 10.1. The minimum Gasteiger partial charge on any atom is -0.369 e. The second-order valence-electron chi connectivity index (χ2n) is 4.71. The summed E-state index contributed by atoms with van der Waals surface area (Å²) < 4.78 is 13.2. The van der Waals surface area contributed by atoms with Crippen molar-refractivity contribution in [2.75, 3.05) is 6.54 Å². The molecule has 1 atom stereocenters. The number of hydrogen-bond donors (Lipinski definition) is 1. The number of primary amides is 1. The Balaban J connectivity index is 2.10. The molecule has 1 heterocycles. The SMILES string of the molecule is Cc1cc(F)cc(CN2CC(C(N)=O)CC2=O)c1. The van der Waals surface area contributed by atoms with Crippen LogP contribution in [0.2, 0.25) is 0 Å². The molecule has 96 valence electrons. The summed E-state index contributed by atoms with van der Waals surface area (Å²) in [6, 6.07) is 4.66. The van der Waals surface area contributed by atoms with Crippen molar-refractivity contribution in [3.63, 3.8) is 0 Å². The van der Waals surface area contributed by atoms with Crippen molar-refractivity contribution in [2.45, 2.75) is 19.9 Å². The van der Waals surface area contributed by atoms with Crippen LogP contribution in [-0.4, -0.2) is 23.3 Å². The Kier molecular flexibility index (Phi) is 3.32. The Labute approximate surface area is 105 Å². The summed E-state index contributed by atoms with van der Waals surface area (Å²) in [7, 11) is 0. The van der Waals surface area contributed by atoms with E-state index in [-0.39, 0.29) is 18.1 Å². The zero-order chi connectivity index (χ0) is 13.3. The van der Waals surface area contributed by atoms with Gasteiger partial charge in [0, 0.05) is 19.5 Å². The fourth-order valence-corrected chi connectivity index (χ4v) is 2.24. The maximum Gasteiger partial charge on any atom is 0.223 e. The molecule has 18 heavy (non-hydrogen) atoms. The number of carbonyl (C=O) groups is 2. The quantitative estimate of drug-likeness (QED) is 0.868. The second kappa shape index (κ2) is 4.76. The highest BCUT2D eigenvalue weighted by Crippen LogP contribution is 2.20. The minimum absolute atomic E-state index is 0.110. The Hall–Kier alpha value is -1.91. The molecule has 0 aliphatic carbocycles. The van der Waals surface area contributed by atoms with Crippen LogP contribution in [0.25, 0.3) is 0 Å². The van der Waals surface area contributed by atoms with Crippen molar-refractivity contribution >= 4 is 11.8 Å². The highest BCUT2D eigenvalue weighted by atomic mass is 19.1. The lowest BCUT2D eigenvalue weighted by Crippen LogP contribution is -2.28. The van der Waals surface area contributed by atoms with Crippen LogP contribution in [0, 0.1) is 18.7 Å². The number of hydrogen-bond acceptors (Lipinski definition) is 2. The number of likely N-dealkylation sites (tertiary alicyclic amines) is 1. The molecule has 1 saturated heterocycles. The van der Waals surface area contributed by atoms with E-state index >= 15 is 0 Å². The van der Waals surface area contributed by atoms with Gasteiger partial charge in [-0.3, -0.25) is 9.59 Å². The van der Waals surface area contributed by atoms with Crippen LogP contribution in [0.4, 0.5) is 4.39 Å². The Bertz CT molecular complexity index is 482. The van der Waals surface area contributed by atoms with E-state index in [0.717, 1.165) is 11.1 Å². The second-order valence-corrected chi connectivity index (χ2v) is 4.71. The fourth-order valence-electron chi connectivity index (χ4n) is 2.24. The number of amides is 2. The Morgan fingerprint density at radius 2 is 2.22 bits per heavy atom. The number of halogens is 1. The number of nitrogens with two attached hydrogens (primary N) is 1. The number of nitrogens with zero attached hydrogens (tertiary/aromatic N) is 1. The third kappa shape index (κ3) is 2.67. The van der Waals surface area contributed by atoms with E-state index in [0.29, 0.717) is 13.1 Å². The molecule has 0 bridgehead atoms. The first-order valence-electron chi connectivity index (χ1n) is 5.79. The zero-order valence-corrected chi connectivity index (χ0v) is 10.1. The molecule has 1 aliphatic rings. The summed E-state index contributed by atoms with van der Waals surface area (Å²) in [6.45, 7) is 2.44. The first kappa shape index (κ1) is 12.5.